The highest BCUT2D eigenvalue weighted by Gasteiger charge is 2.45. The van der Waals surface area contributed by atoms with Gasteiger partial charge in [0.1, 0.15) is 17.9 Å². The van der Waals surface area contributed by atoms with Crippen molar-refractivity contribution < 1.29 is 48.0 Å². The first kappa shape index (κ1) is 28.9. The van der Waals surface area contributed by atoms with Gasteiger partial charge < -0.3 is 28.8 Å². The fourth-order valence-corrected chi connectivity index (χ4v) is 3.28. The van der Waals surface area contributed by atoms with Crippen molar-refractivity contribution >= 4 is 39.8 Å². The Kier molecular flexibility index (Phi) is 11.5. The number of hydrogen-bond acceptors (Lipinski definition) is 11. The van der Waals surface area contributed by atoms with E-state index in [0.29, 0.717) is 4.47 Å². The quantitative estimate of drug-likeness (QED) is 0.247. The van der Waals surface area contributed by atoms with E-state index in [1.807, 2.05) is 6.07 Å². The number of aliphatic hydroxyl groups excluding tert-OH is 1. The highest BCUT2D eigenvalue weighted by atomic mass is 79.9. The number of benzene rings is 1. The van der Waals surface area contributed by atoms with E-state index in [4.69, 9.17) is 23.7 Å². The molecule has 0 aliphatic carbocycles. The molecule has 5 unspecified atom stereocenters. The first-order valence-electron chi connectivity index (χ1n) is 10.0. The van der Waals surface area contributed by atoms with Crippen molar-refractivity contribution in [2.75, 3.05) is 6.61 Å². The standard InChI is InChI=1S/C22H26BrNO10/c1-11(10-30-12(2)25)19(31-13(3)26)20(32-14(4)27)21(33-15(5)28)22(29)34-18-7-6-17(23)8-16(18)9-24/h6-8,11,19-22,29H,10H2,1-5H3. The molecule has 1 aromatic rings. The van der Waals surface area contributed by atoms with Gasteiger partial charge in [0.05, 0.1) is 12.2 Å². The van der Waals surface area contributed by atoms with Crippen LogP contribution in [0.5, 0.6) is 5.75 Å². The predicted molar refractivity (Wildman–Crippen MR) is 118 cm³/mol. The van der Waals surface area contributed by atoms with E-state index in [1.54, 1.807) is 6.07 Å². The molecule has 1 aromatic carbocycles. The third-order valence-electron chi connectivity index (χ3n) is 4.25. The minimum atomic E-state index is -1.96. The van der Waals surface area contributed by atoms with E-state index < -0.39 is 54.4 Å². The molecule has 0 bridgehead atoms. The van der Waals surface area contributed by atoms with Gasteiger partial charge in [-0.2, -0.15) is 5.26 Å². The fraction of sp³-hybridized carbons (Fsp3) is 0.500. The van der Waals surface area contributed by atoms with Gasteiger partial charge in [-0.15, -0.1) is 0 Å². The third-order valence-corrected chi connectivity index (χ3v) is 4.75. The van der Waals surface area contributed by atoms with Crippen molar-refractivity contribution in [1.29, 1.82) is 5.26 Å². The summed E-state index contributed by atoms with van der Waals surface area (Å²) >= 11 is 3.22. The summed E-state index contributed by atoms with van der Waals surface area (Å²) in [5.41, 5.74) is 0.0544. The largest absolute Gasteiger partial charge is 0.465 e. The molecule has 0 fully saturated rings. The number of carbonyl (C=O) groups excluding carboxylic acids is 4. The van der Waals surface area contributed by atoms with Gasteiger partial charge in [-0.3, -0.25) is 19.2 Å². The smallest absolute Gasteiger partial charge is 0.303 e. The van der Waals surface area contributed by atoms with E-state index in [9.17, 15) is 29.5 Å². The van der Waals surface area contributed by atoms with Crippen LogP contribution >= 0.6 is 15.9 Å². The Morgan fingerprint density at radius 1 is 0.941 bits per heavy atom. The average molecular weight is 544 g/mol. The Labute approximate surface area is 205 Å². The molecule has 11 nitrogen and oxygen atoms in total. The van der Waals surface area contributed by atoms with Crippen molar-refractivity contribution in [2.24, 2.45) is 5.92 Å². The highest BCUT2D eigenvalue weighted by Crippen LogP contribution is 2.27. The zero-order valence-corrected chi connectivity index (χ0v) is 20.9. The maximum Gasteiger partial charge on any atom is 0.303 e. The number of nitrogens with zero attached hydrogens (tertiary/aromatic N) is 1. The molecule has 1 rings (SSSR count). The zero-order valence-electron chi connectivity index (χ0n) is 19.3. The summed E-state index contributed by atoms with van der Waals surface area (Å²) in [4.78, 5) is 46.8. The number of carbonyl (C=O) groups is 4. The van der Waals surface area contributed by atoms with Gasteiger partial charge in [0.15, 0.2) is 6.10 Å². The van der Waals surface area contributed by atoms with Crippen LogP contribution in [0.25, 0.3) is 0 Å². The second-order valence-electron chi connectivity index (χ2n) is 7.26. The Hall–Kier alpha value is -3.17. The van der Waals surface area contributed by atoms with E-state index in [0.717, 1.165) is 20.8 Å². The maximum atomic E-state index is 11.9. The maximum absolute atomic E-state index is 11.9. The van der Waals surface area contributed by atoms with Gasteiger partial charge in [0.2, 0.25) is 12.4 Å². The highest BCUT2D eigenvalue weighted by molar-refractivity contribution is 9.10. The summed E-state index contributed by atoms with van der Waals surface area (Å²) in [5.74, 6) is -3.88. The molecule has 0 saturated carbocycles. The van der Waals surface area contributed by atoms with Gasteiger partial charge in [0, 0.05) is 38.1 Å². The number of halogens is 1. The third kappa shape index (κ3) is 9.36. The summed E-state index contributed by atoms with van der Waals surface area (Å²) < 4.78 is 26.8. The molecule has 0 aromatic heterocycles. The number of hydrogen-bond donors (Lipinski definition) is 1. The van der Waals surface area contributed by atoms with E-state index in [2.05, 4.69) is 15.9 Å². The van der Waals surface area contributed by atoms with Crippen LogP contribution in [0.4, 0.5) is 0 Å². The predicted octanol–water partition coefficient (Wildman–Crippen LogP) is 2.01. The lowest BCUT2D eigenvalue weighted by Crippen LogP contribution is -2.54. The normalized spacial score (nSPS) is 14.9. The van der Waals surface area contributed by atoms with Crippen LogP contribution in [0.2, 0.25) is 0 Å². The number of nitriles is 1. The van der Waals surface area contributed by atoms with Crippen LogP contribution in [0.15, 0.2) is 22.7 Å². The topological polar surface area (TPSA) is 158 Å². The first-order valence-corrected chi connectivity index (χ1v) is 10.8. The summed E-state index contributed by atoms with van der Waals surface area (Å²) in [6.07, 6.45) is -6.53. The minimum absolute atomic E-state index is 0.0473. The molecular formula is C22H26BrNO10. The molecule has 186 valence electrons. The van der Waals surface area contributed by atoms with E-state index in [-0.39, 0.29) is 17.9 Å². The molecule has 34 heavy (non-hydrogen) atoms. The van der Waals surface area contributed by atoms with Crippen LogP contribution in [0.3, 0.4) is 0 Å². The van der Waals surface area contributed by atoms with Crippen LogP contribution in [-0.4, -0.2) is 60.2 Å². The summed E-state index contributed by atoms with van der Waals surface area (Å²) in [6, 6.07) is 6.29. The number of rotatable bonds is 11. The van der Waals surface area contributed by atoms with Crippen molar-refractivity contribution in [3.63, 3.8) is 0 Å². The SMILES string of the molecule is CC(=O)OCC(C)C(OC(C)=O)C(OC(C)=O)C(OC(C)=O)C(O)Oc1ccc(Br)cc1C#N. The van der Waals surface area contributed by atoms with Gasteiger partial charge in [-0.25, -0.2) is 0 Å². The Morgan fingerprint density at radius 2 is 1.47 bits per heavy atom. The molecule has 0 aliphatic rings. The summed E-state index contributed by atoms with van der Waals surface area (Å²) in [6.45, 7) is 5.70. The van der Waals surface area contributed by atoms with Crippen LogP contribution in [0.1, 0.15) is 40.2 Å². The molecule has 0 heterocycles. The Bertz CT molecular complexity index is 944. The molecule has 0 spiro atoms. The van der Waals surface area contributed by atoms with Gasteiger partial charge >= 0.3 is 23.9 Å². The summed E-state index contributed by atoms with van der Waals surface area (Å²) in [5, 5.41) is 20.2. The van der Waals surface area contributed by atoms with Crippen LogP contribution in [-0.2, 0) is 38.1 Å². The molecule has 0 radical (unpaired) electrons. The second-order valence-corrected chi connectivity index (χ2v) is 8.18. The Balaban J connectivity index is 3.43. The van der Waals surface area contributed by atoms with Crippen LogP contribution < -0.4 is 4.74 Å². The molecule has 1 N–H and O–H groups in total. The lowest BCUT2D eigenvalue weighted by atomic mass is 9.95. The number of aliphatic hydroxyl groups is 1. The van der Waals surface area contributed by atoms with E-state index >= 15 is 0 Å². The second kappa shape index (κ2) is 13.5. The fourth-order valence-electron chi connectivity index (χ4n) is 2.92. The molecule has 5 atom stereocenters. The zero-order chi connectivity index (χ0) is 26.0. The first-order chi connectivity index (χ1) is 15.8. The van der Waals surface area contributed by atoms with Crippen molar-refractivity contribution in [1.82, 2.24) is 0 Å². The van der Waals surface area contributed by atoms with Gasteiger partial charge in [-0.05, 0) is 18.2 Å². The van der Waals surface area contributed by atoms with Crippen molar-refractivity contribution in [3.8, 4) is 11.8 Å². The lowest BCUT2D eigenvalue weighted by Gasteiger charge is -2.36. The van der Waals surface area contributed by atoms with Crippen LogP contribution in [0, 0.1) is 17.2 Å². The molecule has 0 amide bonds. The lowest BCUT2D eigenvalue weighted by molar-refractivity contribution is -0.216. The molecular weight excluding hydrogens is 518 g/mol. The van der Waals surface area contributed by atoms with Crippen molar-refractivity contribution in [2.45, 2.75) is 59.2 Å². The molecule has 0 saturated heterocycles. The van der Waals surface area contributed by atoms with Gasteiger partial charge in [0.25, 0.3) is 0 Å². The Morgan fingerprint density at radius 3 is 1.97 bits per heavy atom. The van der Waals surface area contributed by atoms with Gasteiger partial charge in [-0.1, -0.05) is 22.9 Å². The van der Waals surface area contributed by atoms with Crippen molar-refractivity contribution in [3.05, 3.63) is 28.2 Å². The number of esters is 4. The minimum Gasteiger partial charge on any atom is -0.465 e. The molecule has 12 heteroatoms. The average Bonchev–Trinajstić information content (AvgIpc) is 2.73. The summed E-state index contributed by atoms with van der Waals surface area (Å²) in [7, 11) is 0. The molecule has 0 aliphatic heterocycles. The van der Waals surface area contributed by atoms with E-state index in [1.165, 1.54) is 26.0 Å². The number of ether oxygens (including phenoxy) is 5. The monoisotopic (exact) mass is 543 g/mol.